The quantitative estimate of drug-likeness (QED) is 0.789. The van der Waals surface area contributed by atoms with E-state index in [4.69, 9.17) is 0 Å². The standard InChI is InChI=1S/C18H31NO2/c1-3-17(2,4-5-20)19-16(21)12-18-9-13-6-14(10-18)8-15(7-13)11-18/h13-15,20H,3-12H2,1-2H3,(H,19,21). The molecule has 0 aromatic carbocycles. The minimum absolute atomic E-state index is 0.141. The maximum Gasteiger partial charge on any atom is 0.220 e. The summed E-state index contributed by atoms with van der Waals surface area (Å²) in [6, 6.07) is 0. The van der Waals surface area contributed by atoms with Crippen LogP contribution in [0.3, 0.4) is 0 Å². The van der Waals surface area contributed by atoms with Crippen LogP contribution < -0.4 is 5.32 Å². The summed E-state index contributed by atoms with van der Waals surface area (Å²) in [4.78, 5) is 12.6. The Morgan fingerprint density at radius 2 is 1.71 bits per heavy atom. The SMILES string of the molecule is CCC(C)(CCO)NC(=O)CC12CC3CC(CC(C3)C1)C2. The number of nitrogens with one attached hydrogen (secondary N) is 1. The van der Waals surface area contributed by atoms with Crippen LogP contribution in [0.25, 0.3) is 0 Å². The Labute approximate surface area is 128 Å². The molecule has 0 aromatic heterocycles. The van der Waals surface area contributed by atoms with E-state index in [0.29, 0.717) is 11.8 Å². The Morgan fingerprint density at radius 1 is 1.19 bits per heavy atom. The van der Waals surface area contributed by atoms with E-state index in [1.165, 1.54) is 38.5 Å². The minimum Gasteiger partial charge on any atom is -0.396 e. The maximum absolute atomic E-state index is 12.6. The third kappa shape index (κ3) is 3.13. The smallest absolute Gasteiger partial charge is 0.220 e. The molecule has 4 saturated carbocycles. The molecule has 0 aliphatic heterocycles. The van der Waals surface area contributed by atoms with Crippen LogP contribution in [0, 0.1) is 23.2 Å². The third-order valence-electron chi connectivity index (χ3n) is 6.59. The molecule has 0 radical (unpaired) electrons. The number of amides is 1. The fourth-order valence-electron chi connectivity index (χ4n) is 5.80. The van der Waals surface area contributed by atoms with Crippen molar-refractivity contribution in [1.82, 2.24) is 5.32 Å². The minimum atomic E-state index is -0.242. The van der Waals surface area contributed by atoms with Gasteiger partial charge in [0.2, 0.25) is 5.91 Å². The molecule has 1 unspecified atom stereocenters. The second kappa shape index (κ2) is 5.57. The normalized spacial score (nSPS) is 40.0. The van der Waals surface area contributed by atoms with E-state index in [1.807, 2.05) is 0 Å². The number of carbonyl (C=O) groups is 1. The first-order valence-corrected chi connectivity index (χ1v) is 8.88. The number of aliphatic hydroxyl groups is 1. The van der Waals surface area contributed by atoms with Crippen molar-refractivity contribution in [3.05, 3.63) is 0 Å². The summed E-state index contributed by atoms with van der Waals surface area (Å²) in [5.74, 6) is 2.92. The summed E-state index contributed by atoms with van der Waals surface area (Å²) in [5, 5.41) is 12.4. The Hall–Kier alpha value is -0.570. The van der Waals surface area contributed by atoms with Gasteiger partial charge in [0.15, 0.2) is 0 Å². The molecule has 2 N–H and O–H groups in total. The fourth-order valence-corrected chi connectivity index (χ4v) is 5.80. The molecular formula is C18H31NO2. The molecule has 1 amide bonds. The van der Waals surface area contributed by atoms with Gasteiger partial charge in [-0.2, -0.15) is 0 Å². The Morgan fingerprint density at radius 3 is 2.14 bits per heavy atom. The van der Waals surface area contributed by atoms with Crippen molar-refractivity contribution >= 4 is 5.91 Å². The largest absolute Gasteiger partial charge is 0.396 e. The summed E-state index contributed by atoms with van der Waals surface area (Å²) >= 11 is 0. The summed E-state index contributed by atoms with van der Waals surface area (Å²) in [7, 11) is 0. The second-order valence-electron chi connectivity index (χ2n) is 8.53. The zero-order valence-corrected chi connectivity index (χ0v) is 13.7. The van der Waals surface area contributed by atoms with Gasteiger partial charge in [-0.25, -0.2) is 0 Å². The summed E-state index contributed by atoms with van der Waals surface area (Å²) in [5.41, 5.74) is 0.0703. The zero-order chi connectivity index (χ0) is 15.1. The van der Waals surface area contributed by atoms with E-state index in [0.717, 1.165) is 30.6 Å². The second-order valence-corrected chi connectivity index (χ2v) is 8.53. The summed E-state index contributed by atoms with van der Waals surface area (Å²) in [6.45, 7) is 4.28. The van der Waals surface area contributed by atoms with Gasteiger partial charge in [0.05, 0.1) is 0 Å². The lowest BCUT2D eigenvalue weighted by Crippen LogP contribution is -2.51. The first kappa shape index (κ1) is 15.3. The van der Waals surface area contributed by atoms with Crippen LogP contribution in [0.2, 0.25) is 0 Å². The Bertz CT molecular complexity index is 371. The van der Waals surface area contributed by atoms with E-state index < -0.39 is 0 Å². The molecule has 0 heterocycles. The molecule has 21 heavy (non-hydrogen) atoms. The molecule has 3 nitrogen and oxygen atoms in total. The third-order valence-corrected chi connectivity index (χ3v) is 6.59. The van der Waals surface area contributed by atoms with Crippen LogP contribution >= 0.6 is 0 Å². The topological polar surface area (TPSA) is 49.3 Å². The van der Waals surface area contributed by atoms with Crippen LogP contribution in [0.5, 0.6) is 0 Å². The molecule has 120 valence electrons. The van der Waals surface area contributed by atoms with Crippen molar-refractivity contribution < 1.29 is 9.90 Å². The summed E-state index contributed by atoms with van der Waals surface area (Å²) in [6.07, 6.45) is 10.4. The van der Waals surface area contributed by atoms with Gasteiger partial charge in [-0.3, -0.25) is 4.79 Å². The highest BCUT2D eigenvalue weighted by Crippen LogP contribution is 2.61. The van der Waals surface area contributed by atoms with Crippen molar-refractivity contribution in [3.8, 4) is 0 Å². The van der Waals surface area contributed by atoms with Gasteiger partial charge >= 0.3 is 0 Å². The molecule has 4 rings (SSSR count). The Balaban J connectivity index is 1.62. The average molecular weight is 293 g/mol. The van der Waals surface area contributed by atoms with Crippen LogP contribution in [-0.4, -0.2) is 23.2 Å². The zero-order valence-electron chi connectivity index (χ0n) is 13.7. The van der Waals surface area contributed by atoms with E-state index in [-0.39, 0.29) is 18.1 Å². The molecule has 4 fully saturated rings. The highest BCUT2D eigenvalue weighted by atomic mass is 16.3. The van der Waals surface area contributed by atoms with Crippen LogP contribution in [0.4, 0.5) is 0 Å². The van der Waals surface area contributed by atoms with Gasteiger partial charge in [-0.1, -0.05) is 6.92 Å². The molecule has 3 heteroatoms. The lowest BCUT2D eigenvalue weighted by Gasteiger charge is -2.56. The van der Waals surface area contributed by atoms with Gasteiger partial charge in [0.25, 0.3) is 0 Å². The number of aliphatic hydroxyl groups excluding tert-OH is 1. The molecule has 4 aliphatic rings. The molecule has 4 aliphatic carbocycles. The van der Waals surface area contributed by atoms with E-state index in [1.54, 1.807) is 0 Å². The molecule has 0 spiro atoms. The predicted octanol–water partition coefficient (Wildman–Crippen LogP) is 3.26. The van der Waals surface area contributed by atoms with E-state index >= 15 is 0 Å². The molecule has 0 aromatic rings. The van der Waals surface area contributed by atoms with E-state index in [2.05, 4.69) is 19.2 Å². The van der Waals surface area contributed by atoms with Gasteiger partial charge < -0.3 is 10.4 Å². The number of carbonyl (C=O) groups excluding carboxylic acids is 1. The number of hydrogen-bond donors (Lipinski definition) is 2. The van der Waals surface area contributed by atoms with Crippen molar-refractivity contribution in [2.45, 2.75) is 77.2 Å². The van der Waals surface area contributed by atoms with Crippen molar-refractivity contribution in [3.63, 3.8) is 0 Å². The lowest BCUT2D eigenvalue weighted by atomic mass is 9.49. The lowest BCUT2D eigenvalue weighted by molar-refractivity contribution is -0.131. The molecule has 0 saturated heterocycles. The first-order chi connectivity index (χ1) is 9.96. The first-order valence-electron chi connectivity index (χ1n) is 8.88. The van der Waals surface area contributed by atoms with Crippen LogP contribution in [0.15, 0.2) is 0 Å². The number of rotatable bonds is 6. The highest BCUT2D eigenvalue weighted by molar-refractivity contribution is 5.77. The van der Waals surface area contributed by atoms with Gasteiger partial charge in [-0.15, -0.1) is 0 Å². The van der Waals surface area contributed by atoms with Crippen LogP contribution in [0.1, 0.15) is 71.6 Å². The van der Waals surface area contributed by atoms with Gasteiger partial charge in [0.1, 0.15) is 0 Å². The fraction of sp³-hybridized carbons (Fsp3) is 0.944. The highest BCUT2D eigenvalue weighted by Gasteiger charge is 2.51. The average Bonchev–Trinajstić information content (AvgIpc) is 2.36. The van der Waals surface area contributed by atoms with Crippen molar-refractivity contribution in [2.75, 3.05) is 6.61 Å². The van der Waals surface area contributed by atoms with Crippen molar-refractivity contribution in [2.24, 2.45) is 23.2 Å². The van der Waals surface area contributed by atoms with E-state index in [9.17, 15) is 9.90 Å². The summed E-state index contributed by atoms with van der Waals surface area (Å²) < 4.78 is 0. The molecular weight excluding hydrogens is 262 g/mol. The monoisotopic (exact) mass is 293 g/mol. The van der Waals surface area contributed by atoms with Crippen LogP contribution in [-0.2, 0) is 4.79 Å². The Kier molecular flexibility index (Phi) is 4.06. The molecule has 1 atom stereocenters. The molecule has 4 bridgehead atoms. The maximum atomic E-state index is 12.6. The van der Waals surface area contributed by atoms with Crippen molar-refractivity contribution in [1.29, 1.82) is 0 Å². The van der Waals surface area contributed by atoms with Gasteiger partial charge in [0, 0.05) is 18.6 Å². The predicted molar refractivity (Wildman–Crippen MR) is 83.8 cm³/mol. The number of hydrogen-bond acceptors (Lipinski definition) is 2. The van der Waals surface area contributed by atoms with Gasteiger partial charge in [-0.05, 0) is 81.5 Å².